The van der Waals surface area contributed by atoms with Crippen LogP contribution in [0.15, 0.2) is 29.3 Å². The van der Waals surface area contributed by atoms with Crippen molar-refractivity contribution in [2.45, 2.75) is 64.1 Å². The lowest BCUT2D eigenvalue weighted by molar-refractivity contribution is -0.384. The first-order valence-corrected chi connectivity index (χ1v) is 10.1. The van der Waals surface area contributed by atoms with Crippen LogP contribution < -0.4 is 10.6 Å². The van der Waals surface area contributed by atoms with Crippen LogP contribution in [0.25, 0.3) is 0 Å². The van der Waals surface area contributed by atoms with E-state index in [1.54, 1.807) is 19.1 Å². The summed E-state index contributed by atoms with van der Waals surface area (Å²) in [5.74, 6) is 0.932. The molecule has 2 fully saturated rings. The average molecular weight is 387 g/mol. The zero-order chi connectivity index (χ0) is 19.9. The van der Waals surface area contributed by atoms with Crippen LogP contribution in [0.5, 0.6) is 0 Å². The molecule has 28 heavy (non-hydrogen) atoms. The number of likely N-dealkylation sites (tertiary alicyclic amines) is 1. The monoisotopic (exact) mass is 387 g/mol. The predicted octanol–water partition coefficient (Wildman–Crippen LogP) is 2.58. The van der Waals surface area contributed by atoms with E-state index in [0.29, 0.717) is 18.6 Å². The highest BCUT2D eigenvalue weighted by Crippen LogP contribution is 2.18. The highest BCUT2D eigenvalue weighted by molar-refractivity contribution is 5.80. The third-order valence-electron chi connectivity index (χ3n) is 5.54. The van der Waals surface area contributed by atoms with Crippen molar-refractivity contribution < 1.29 is 9.72 Å². The van der Waals surface area contributed by atoms with Gasteiger partial charge in [-0.15, -0.1) is 0 Å². The second-order valence-corrected chi connectivity index (χ2v) is 7.64. The van der Waals surface area contributed by atoms with Crippen LogP contribution in [-0.4, -0.2) is 46.9 Å². The number of hydrogen-bond acceptors (Lipinski definition) is 4. The molecule has 8 heteroatoms. The van der Waals surface area contributed by atoms with Gasteiger partial charge in [-0.1, -0.05) is 25.0 Å². The molecule has 1 saturated heterocycles. The van der Waals surface area contributed by atoms with Gasteiger partial charge in [0.05, 0.1) is 11.5 Å². The van der Waals surface area contributed by atoms with Crippen molar-refractivity contribution >= 4 is 17.6 Å². The Morgan fingerprint density at radius 3 is 2.21 bits per heavy atom. The van der Waals surface area contributed by atoms with Crippen molar-refractivity contribution in [1.29, 1.82) is 0 Å². The van der Waals surface area contributed by atoms with Gasteiger partial charge in [-0.05, 0) is 31.2 Å². The van der Waals surface area contributed by atoms with Crippen molar-refractivity contribution in [2.24, 2.45) is 4.99 Å². The van der Waals surface area contributed by atoms with Gasteiger partial charge in [0.25, 0.3) is 5.69 Å². The number of guanidine groups is 1. The second-order valence-electron chi connectivity index (χ2n) is 7.64. The summed E-state index contributed by atoms with van der Waals surface area (Å²) in [5.41, 5.74) is 1.02. The SMILES string of the molecule is CC(=O)N1CCC(NC(=NCc2ccc([N+](=O)[O-])cc2)NC2CCCC2)CC1. The number of amides is 1. The molecule has 0 bridgehead atoms. The Morgan fingerprint density at radius 1 is 1.11 bits per heavy atom. The first-order chi connectivity index (χ1) is 13.5. The van der Waals surface area contributed by atoms with Crippen LogP contribution in [0.4, 0.5) is 5.69 Å². The molecule has 0 unspecified atom stereocenters. The van der Waals surface area contributed by atoms with E-state index in [1.807, 2.05) is 4.90 Å². The van der Waals surface area contributed by atoms with Gasteiger partial charge in [0.2, 0.25) is 5.91 Å². The summed E-state index contributed by atoms with van der Waals surface area (Å²) in [4.78, 5) is 28.5. The predicted molar refractivity (Wildman–Crippen MR) is 108 cm³/mol. The first-order valence-electron chi connectivity index (χ1n) is 10.1. The van der Waals surface area contributed by atoms with Crippen molar-refractivity contribution in [3.05, 3.63) is 39.9 Å². The van der Waals surface area contributed by atoms with E-state index in [9.17, 15) is 14.9 Å². The molecule has 2 N–H and O–H groups in total. The van der Waals surface area contributed by atoms with Crippen LogP contribution in [0.2, 0.25) is 0 Å². The van der Waals surface area contributed by atoms with E-state index in [0.717, 1.165) is 50.3 Å². The van der Waals surface area contributed by atoms with E-state index < -0.39 is 4.92 Å². The molecule has 2 aliphatic rings. The molecule has 1 saturated carbocycles. The van der Waals surface area contributed by atoms with Crippen LogP contribution in [0.3, 0.4) is 0 Å². The average Bonchev–Trinajstić information content (AvgIpc) is 3.20. The van der Waals surface area contributed by atoms with Crippen molar-refractivity contribution in [3.8, 4) is 0 Å². The lowest BCUT2D eigenvalue weighted by Gasteiger charge is -2.33. The second kappa shape index (κ2) is 9.52. The number of hydrogen-bond donors (Lipinski definition) is 2. The van der Waals surface area contributed by atoms with Gasteiger partial charge in [0.15, 0.2) is 5.96 Å². The third-order valence-corrected chi connectivity index (χ3v) is 5.54. The van der Waals surface area contributed by atoms with Gasteiger partial charge in [0, 0.05) is 44.2 Å². The fourth-order valence-corrected chi connectivity index (χ4v) is 3.82. The first kappa shape index (κ1) is 20.1. The van der Waals surface area contributed by atoms with E-state index >= 15 is 0 Å². The van der Waals surface area contributed by atoms with Gasteiger partial charge in [-0.2, -0.15) is 0 Å². The van der Waals surface area contributed by atoms with Crippen molar-refractivity contribution in [2.75, 3.05) is 13.1 Å². The van der Waals surface area contributed by atoms with Gasteiger partial charge in [-0.3, -0.25) is 14.9 Å². The lowest BCUT2D eigenvalue weighted by Crippen LogP contribution is -2.51. The Hall–Kier alpha value is -2.64. The summed E-state index contributed by atoms with van der Waals surface area (Å²) in [6.07, 6.45) is 6.60. The number of carbonyl (C=O) groups is 1. The van der Waals surface area contributed by atoms with E-state index in [1.165, 1.54) is 25.0 Å². The number of nitrogens with one attached hydrogen (secondary N) is 2. The molecule has 152 valence electrons. The Labute approximate surface area is 165 Å². The number of carbonyl (C=O) groups excluding carboxylic acids is 1. The minimum Gasteiger partial charge on any atom is -0.354 e. The minimum absolute atomic E-state index is 0.0902. The molecule has 1 aromatic carbocycles. The Kier molecular flexibility index (Phi) is 6.84. The number of nitrogens with zero attached hydrogens (tertiary/aromatic N) is 3. The smallest absolute Gasteiger partial charge is 0.269 e. The normalized spacial score (nSPS) is 18.9. The summed E-state index contributed by atoms with van der Waals surface area (Å²) in [6.45, 7) is 3.62. The van der Waals surface area contributed by atoms with E-state index in [2.05, 4.69) is 10.6 Å². The fourth-order valence-electron chi connectivity index (χ4n) is 3.82. The van der Waals surface area contributed by atoms with Gasteiger partial charge in [0.1, 0.15) is 0 Å². The summed E-state index contributed by atoms with van der Waals surface area (Å²) in [6, 6.07) is 7.26. The highest BCUT2D eigenvalue weighted by atomic mass is 16.6. The molecular formula is C20H29N5O3. The van der Waals surface area contributed by atoms with Gasteiger partial charge < -0.3 is 15.5 Å². The number of non-ortho nitro benzene ring substituents is 1. The molecule has 8 nitrogen and oxygen atoms in total. The molecule has 3 rings (SSSR count). The summed E-state index contributed by atoms with van der Waals surface area (Å²) in [5, 5.41) is 17.9. The number of rotatable bonds is 5. The molecule has 0 radical (unpaired) electrons. The summed E-state index contributed by atoms with van der Waals surface area (Å²) in [7, 11) is 0. The lowest BCUT2D eigenvalue weighted by atomic mass is 10.1. The zero-order valence-corrected chi connectivity index (χ0v) is 16.4. The number of nitro groups is 1. The minimum atomic E-state index is -0.394. The number of nitro benzene ring substituents is 1. The molecule has 0 spiro atoms. The molecule has 1 aliphatic heterocycles. The maximum absolute atomic E-state index is 11.5. The van der Waals surface area contributed by atoms with Crippen LogP contribution in [-0.2, 0) is 11.3 Å². The van der Waals surface area contributed by atoms with Gasteiger partial charge >= 0.3 is 0 Å². The summed E-state index contributed by atoms with van der Waals surface area (Å²) < 4.78 is 0. The molecule has 1 amide bonds. The maximum Gasteiger partial charge on any atom is 0.269 e. The molecular weight excluding hydrogens is 358 g/mol. The van der Waals surface area contributed by atoms with Crippen LogP contribution >= 0.6 is 0 Å². The van der Waals surface area contributed by atoms with E-state index in [4.69, 9.17) is 4.99 Å². The Morgan fingerprint density at radius 2 is 1.68 bits per heavy atom. The van der Waals surface area contributed by atoms with Gasteiger partial charge in [-0.25, -0.2) is 4.99 Å². The fraction of sp³-hybridized carbons (Fsp3) is 0.600. The van der Waals surface area contributed by atoms with E-state index in [-0.39, 0.29) is 11.6 Å². The van der Waals surface area contributed by atoms with Crippen LogP contribution in [0.1, 0.15) is 51.0 Å². The largest absolute Gasteiger partial charge is 0.354 e. The Balaban J connectivity index is 1.61. The molecule has 1 aromatic rings. The highest BCUT2D eigenvalue weighted by Gasteiger charge is 2.23. The number of piperidine rings is 1. The summed E-state index contributed by atoms with van der Waals surface area (Å²) >= 11 is 0. The standard InChI is InChI=1S/C20H29N5O3/c1-15(26)24-12-10-18(11-13-24)23-20(22-17-4-2-3-5-17)21-14-16-6-8-19(9-7-16)25(27)28/h6-9,17-18H,2-5,10-14H2,1H3,(H2,21,22,23). The zero-order valence-electron chi connectivity index (χ0n) is 16.4. The molecule has 0 atom stereocenters. The maximum atomic E-state index is 11.5. The molecule has 1 heterocycles. The topological polar surface area (TPSA) is 99.9 Å². The molecule has 1 aliphatic carbocycles. The van der Waals surface area contributed by atoms with Crippen LogP contribution in [0, 0.1) is 10.1 Å². The third kappa shape index (κ3) is 5.68. The number of aliphatic imine (C=N–C) groups is 1. The quantitative estimate of drug-likeness (QED) is 0.350. The van der Waals surface area contributed by atoms with Crippen molar-refractivity contribution in [1.82, 2.24) is 15.5 Å². The Bertz CT molecular complexity index is 705. The van der Waals surface area contributed by atoms with Crippen molar-refractivity contribution in [3.63, 3.8) is 0 Å². The molecule has 0 aromatic heterocycles. The number of benzene rings is 1.